The quantitative estimate of drug-likeness (QED) is 0.764. The summed E-state index contributed by atoms with van der Waals surface area (Å²) in [6, 6.07) is 8.87. The molecule has 0 saturated carbocycles. The van der Waals surface area contributed by atoms with Gasteiger partial charge in [0.15, 0.2) is 0 Å². The molecule has 0 bridgehead atoms. The van der Waals surface area contributed by atoms with Crippen LogP contribution >= 0.6 is 23.2 Å². The molecule has 0 aliphatic heterocycles. The maximum absolute atomic E-state index is 11.7. The number of nitrogens with one attached hydrogen (secondary N) is 2. The van der Waals surface area contributed by atoms with Gasteiger partial charge in [0, 0.05) is 16.6 Å². The van der Waals surface area contributed by atoms with E-state index in [0.29, 0.717) is 22.4 Å². The molecule has 0 unspecified atom stereocenters. The first-order chi connectivity index (χ1) is 11.2. The topological polar surface area (TPSA) is 63.2 Å². The van der Waals surface area contributed by atoms with Crippen LogP contribution in [0.5, 0.6) is 0 Å². The van der Waals surface area contributed by atoms with Crippen LogP contribution in [0.1, 0.15) is 26.3 Å². The Bertz CT molecular complexity index is 693. The van der Waals surface area contributed by atoms with Crippen LogP contribution in [-0.4, -0.2) is 16.7 Å². The van der Waals surface area contributed by atoms with Gasteiger partial charge in [0.1, 0.15) is 11.4 Å². The number of amides is 1. The Kier molecular flexibility index (Phi) is 5.91. The number of hydrogen-bond acceptors (Lipinski definition) is 4. The molecular formula is C17H19Cl2N3O2. The largest absolute Gasteiger partial charge is 0.444 e. The van der Waals surface area contributed by atoms with Crippen LogP contribution < -0.4 is 10.6 Å². The highest BCUT2D eigenvalue weighted by Crippen LogP contribution is 2.20. The third-order valence-corrected chi connectivity index (χ3v) is 3.25. The van der Waals surface area contributed by atoms with E-state index in [2.05, 4.69) is 15.6 Å². The van der Waals surface area contributed by atoms with Crippen molar-refractivity contribution in [1.29, 1.82) is 0 Å². The lowest BCUT2D eigenvalue weighted by Gasteiger charge is -2.19. The van der Waals surface area contributed by atoms with E-state index in [0.717, 1.165) is 11.3 Å². The predicted octanol–water partition coefficient (Wildman–Crippen LogP) is 5.35. The summed E-state index contributed by atoms with van der Waals surface area (Å²) in [4.78, 5) is 15.8. The monoisotopic (exact) mass is 367 g/mol. The Labute approximate surface area is 151 Å². The van der Waals surface area contributed by atoms with E-state index < -0.39 is 11.7 Å². The van der Waals surface area contributed by atoms with Crippen molar-refractivity contribution in [3.05, 3.63) is 52.1 Å². The molecule has 1 aromatic carbocycles. The highest BCUT2D eigenvalue weighted by Gasteiger charge is 2.16. The second-order valence-electron chi connectivity index (χ2n) is 6.19. The second-order valence-corrected chi connectivity index (χ2v) is 7.06. The Morgan fingerprint density at radius 3 is 2.38 bits per heavy atom. The first-order valence-electron chi connectivity index (χ1n) is 7.36. The summed E-state index contributed by atoms with van der Waals surface area (Å²) in [7, 11) is 0. The van der Waals surface area contributed by atoms with Crippen LogP contribution in [0.4, 0.5) is 16.3 Å². The Morgan fingerprint density at radius 1 is 1.17 bits per heavy atom. The molecule has 2 aromatic rings. The fourth-order valence-electron chi connectivity index (χ4n) is 1.90. The number of halogens is 2. The number of anilines is 2. The van der Waals surface area contributed by atoms with Crippen LogP contribution in [0.25, 0.3) is 0 Å². The van der Waals surface area contributed by atoms with Crippen molar-refractivity contribution in [3.63, 3.8) is 0 Å². The number of rotatable bonds is 4. The summed E-state index contributed by atoms with van der Waals surface area (Å²) in [6.45, 7) is 5.96. The van der Waals surface area contributed by atoms with E-state index in [1.165, 1.54) is 0 Å². The van der Waals surface area contributed by atoms with Gasteiger partial charge in [0.05, 0.1) is 11.9 Å². The molecule has 0 spiro atoms. The van der Waals surface area contributed by atoms with Crippen LogP contribution in [-0.2, 0) is 11.3 Å². The minimum atomic E-state index is -0.552. The summed E-state index contributed by atoms with van der Waals surface area (Å²) < 4.78 is 5.17. The zero-order chi connectivity index (χ0) is 17.7. The molecule has 5 nitrogen and oxygen atoms in total. The van der Waals surface area contributed by atoms with Gasteiger partial charge in [-0.15, -0.1) is 0 Å². The molecule has 1 amide bonds. The number of nitrogens with zero attached hydrogens (tertiary/aromatic N) is 1. The molecule has 2 rings (SSSR count). The fraction of sp³-hybridized carbons (Fsp3) is 0.294. The van der Waals surface area contributed by atoms with E-state index in [1.807, 2.05) is 18.2 Å². The molecule has 0 radical (unpaired) electrons. The van der Waals surface area contributed by atoms with Crippen molar-refractivity contribution in [2.24, 2.45) is 0 Å². The normalized spacial score (nSPS) is 11.0. The molecular weight excluding hydrogens is 349 g/mol. The molecule has 24 heavy (non-hydrogen) atoms. The maximum Gasteiger partial charge on any atom is 0.413 e. The van der Waals surface area contributed by atoms with Gasteiger partial charge in [-0.1, -0.05) is 23.2 Å². The van der Waals surface area contributed by atoms with Crippen molar-refractivity contribution in [2.75, 3.05) is 10.6 Å². The zero-order valence-electron chi connectivity index (χ0n) is 13.7. The number of carbonyl (C=O) groups excluding carboxylic acids is 1. The third-order valence-electron chi connectivity index (χ3n) is 2.81. The summed E-state index contributed by atoms with van der Waals surface area (Å²) in [5.74, 6) is 0.417. The maximum atomic E-state index is 11.7. The molecule has 0 atom stereocenters. The lowest BCUT2D eigenvalue weighted by atomic mass is 10.2. The Morgan fingerprint density at radius 2 is 1.83 bits per heavy atom. The number of hydrogen-bond donors (Lipinski definition) is 2. The molecule has 1 heterocycles. The number of benzene rings is 1. The van der Waals surface area contributed by atoms with E-state index >= 15 is 0 Å². The molecule has 7 heteroatoms. The molecule has 0 aliphatic rings. The van der Waals surface area contributed by atoms with Gasteiger partial charge >= 0.3 is 6.09 Å². The van der Waals surface area contributed by atoms with Gasteiger partial charge in [-0.3, -0.25) is 5.32 Å². The van der Waals surface area contributed by atoms with Gasteiger partial charge in [-0.25, -0.2) is 9.78 Å². The van der Waals surface area contributed by atoms with E-state index in [9.17, 15) is 4.79 Å². The van der Waals surface area contributed by atoms with Crippen LogP contribution in [0.15, 0.2) is 36.5 Å². The SMILES string of the molecule is CC(C)(C)OC(=O)Nc1ccc(NCc2cc(Cl)cc(Cl)c2)cn1. The smallest absolute Gasteiger partial charge is 0.413 e. The third kappa shape index (κ3) is 6.26. The first kappa shape index (κ1) is 18.4. The summed E-state index contributed by atoms with van der Waals surface area (Å²) in [5.41, 5.74) is 1.22. The van der Waals surface area contributed by atoms with Crippen molar-refractivity contribution in [3.8, 4) is 0 Å². The van der Waals surface area contributed by atoms with Crippen LogP contribution in [0, 0.1) is 0 Å². The van der Waals surface area contributed by atoms with Crippen LogP contribution in [0.2, 0.25) is 10.0 Å². The van der Waals surface area contributed by atoms with Gasteiger partial charge in [0.2, 0.25) is 0 Å². The number of carbonyl (C=O) groups is 1. The zero-order valence-corrected chi connectivity index (χ0v) is 15.2. The second kappa shape index (κ2) is 7.73. The fourth-order valence-corrected chi connectivity index (χ4v) is 2.47. The molecule has 1 aromatic heterocycles. The van der Waals surface area contributed by atoms with Gasteiger partial charge in [-0.05, 0) is 56.7 Å². The van der Waals surface area contributed by atoms with E-state index in [1.54, 1.807) is 39.1 Å². The lowest BCUT2D eigenvalue weighted by molar-refractivity contribution is 0.0635. The Balaban J connectivity index is 1.91. The summed E-state index contributed by atoms with van der Waals surface area (Å²) >= 11 is 11.9. The number of pyridine rings is 1. The van der Waals surface area contributed by atoms with Crippen molar-refractivity contribution in [1.82, 2.24) is 4.98 Å². The number of ether oxygens (including phenoxy) is 1. The Hall–Kier alpha value is -1.98. The highest BCUT2D eigenvalue weighted by molar-refractivity contribution is 6.34. The van der Waals surface area contributed by atoms with Crippen molar-refractivity contribution < 1.29 is 9.53 Å². The highest BCUT2D eigenvalue weighted by atomic mass is 35.5. The number of aromatic nitrogens is 1. The van der Waals surface area contributed by atoms with Gasteiger partial charge < -0.3 is 10.1 Å². The van der Waals surface area contributed by atoms with Crippen molar-refractivity contribution in [2.45, 2.75) is 32.9 Å². The first-order valence-corrected chi connectivity index (χ1v) is 8.12. The molecule has 0 aliphatic carbocycles. The average molecular weight is 368 g/mol. The predicted molar refractivity (Wildman–Crippen MR) is 97.9 cm³/mol. The standard InChI is InChI=1S/C17H19Cl2N3O2/c1-17(2,3)24-16(23)22-15-5-4-14(10-21-15)20-9-11-6-12(18)8-13(19)7-11/h4-8,10,20H,9H2,1-3H3,(H,21,22,23). The minimum Gasteiger partial charge on any atom is -0.444 e. The average Bonchev–Trinajstić information content (AvgIpc) is 2.43. The molecule has 2 N–H and O–H groups in total. The molecule has 128 valence electrons. The van der Waals surface area contributed by atoms with Crippen LogP contribution in [0.3, 0.4) is 0 Å². The lowest BCUT2D eigenvalue weighted by Crippen LogP contribution is -2.27. The summed E-state index contributed by atoms with van der Waals surface area (Å²) in [5, 5.41) is 6.97. The van der Waals surface area contributed by atoms with E-state index in [-0.39, 0.29) is 0 Å². The van der Waals surface area contributed by atoms with Gasteiger partial charge in [0.25, 0.3) is 0 Å². The minimum absolute atomic E-state index is 0.417. The molecule has 0 saturated heterocycles. The molecule has 0 fully saturated rings. The van der Waals surface area contributed by atoms with Crippen molar-refractivity contribution >= 4 is 40.8 Å². The van der Waals surface area contributed by atoms with Gasteiger partial charge in [-0.2, -0.15) is 0 Å². The summed E-state index contributed by atoms with van der Waals surface area (Å²) in [6.07, 6.45) is 1.09. The van der Waals surface area contributed by atoms with E-state index in [4.69, 9.17) is 27.9 Å².